The van der Waals surface area contributed by atoms with Crippen molar-refractivity contribution in [3.8, 4) is 6.07 Å². The lowest BCUT2D eigenvalue weighted by atomic mass is 10.1. The fraction of sp³-hybridized carbons (Fsp3) is 0.429. The Hall–Kier alpha value is -1.77. The number of hydrogen-bond acceptors (Lipinski definition) is 4. The van der Waals surface area contributed by atoms with Gasteiger partial charge in [0.05, 0.1) is 22.7 Å². The number of nitriles is 1. The van der Waals surface area contributed by atoms with Gasteiger partial charge in [-0.25, -0.2) is 0 Å². The van der Waals surface area contributed by atoms with Gasteiger partial charge in [0.25, 0.3) is 0 Å². The van der Waals surface area contributed by atoms with Crippen LogP contribution in [0, 0.1) is 17.2 Å². The molecule has 3 N–H and O–H groups in total. The van der Waals surface area contributed by atoms with Gasteiger partial charge in [0.1, 0.15) is 6.04 Å². The van der Waals surface area contributed by atoms with Crippen LogP contribution in [-0.2, 0) is 4.79 Å². The van der Waals surface area contributed by atoms with Gasteiger partial charge in [-0.05, 0) is 26.0 Å². The molecule has 2 unspecified atom stereocenters. The van der Waals surface area contributed by atoms with Crippen LogP contribution in [0.15, 0.2) is 12.1 Å². The maximum absolute atomic E-state index is 11.6. The zero-order chi connectivity index (χ0) is 14.9. The molecule has 0 saturated heterocycles. The Morgan fingerprint density at radius 3 is 2.90 bits per heavy atom. The van der Waals surface area contributed by atoms with Crippen molar-refractivity contribution in [1.29, 1.82) is 5.26 Å². The predicted octanol–water partition coefficient (Wildman–Crippen LogP) is 2.28. The summed E-state index contributed by atoms with van der Waals surface area (Å²) in [6.07, 6.45) is 0. The van der Waals surface area contributed by atoms with E-state index in [1.54, 1.807) is 6.07 Å². The molecular formula is C14H17ClN4O. The highest BCUT2D eigenvalue weighted by Crippen LogP contribution is 2.38. The molecule has 1 amide bonds. The SMILES string of the molecule is CCN(CC(C)C#N)c1cc2c(cc1Cl)C(N)C(=O)N2. The van der Waals surface area contributed by atoms with Crippen LogP contribution in [0.25, 0.3) is 0 Å². The minimum Gasteiger partial charge on any atom is -0.369 e. The third kappa shape index (κ3) is 2.58. The van der Waals surface area contributed by atoms with Gasteiger partial charge in [-0.15, -0.1) is 0 Å². The summed E-state index contributed by atoms with van der Waals surface area (Å²) in [4.78, 5) is 13.6. The van der Waals surface area contributed by atoms with Crippen molar-refractivity contribution in [1.82, 2.24) is 0 Å². The summed E-state index contributed by atoms with van der Waals surface area (Å²) in [6.45, 7) is 5.18. The van der Waals surface area contributed by atoms with Crippen LogP contribution in [0.3, 0.4) is 0 Å². The van der Waals surface area contributed by atoms with Gasteiger partial charge >= 0.3 is 0 Å². The van der Waals surface area contributed by atoms with Crippen LogP contribution in [0.5, 0.6) is 0 Å². The Morgan fingerprint density at radius 1 is 1.60 bits per heavy atom. The Kier molecular flexibility index (Phi) is 4.17. The lowest BCUT2D eigenvalue weighted by Gasteiger charge is -2.26. The molecule has 1 heterocycles. The summed E-state index contributed by atoms with van der Waals surface area (Å²) in [7, 11) is 0. The molecule has 0 aliphatic carbocycles. The van der Waals surface area contributed by atoms with E-state index in [0.29, 0.717) is 22.8 Å². The van der Waals surface area contributed by atoms with Crippen LogP contribution in [0.1, 0.15) is 25.5 Å². The second-order valence-electron chi connectivity index (χ2n) is 4.93. The number of hydrogen-bond donors (Lipinski definition) is 2. The smallest absolute Gasteiger partial charge is 0.245 e. The second-order valence-corrected chi connectivity index (χ2v) is 5.33. The van der Waals surface area contributed by atoms with Crippen molar-refractivity contribution in [2.75, 3.05) is 23.3 Å². The molecule has 106 valence electrons. The Bertz CT molecular complexity index is 581. The maximum Gasteiger partial charge on any atom is 0.245 e. The van der Waals surface area contributed by atoms with E-state index in [-0.39, 0.29) is 11.8 Å². The molecule has 1 aliphatic heterocycles. The first kappa shape index (κ1) is 14.6. The average Bonchev–Trinajstić information content (AvgIpc) is 2.70. The van der Waals surface area contributed by atoms with Crippen molar-refractivity contribution in [3.63, 3.8) is 0 Å². The second kappa shape index (κ2) is 5.70. The third-order valence-electron chi connectivity index (χ3n) is 3.43. The van der Waals surface area contributed by atoms with Crippen molar-refractivity contribution in [2.24, 2.45) is 11.7 Å². The van der Waals surface area contributed by atoms with Crippen molar-refractivity contribution in [2.45, 2.75) is 19.9 Å². The molecule has 2 atom stereocenters. The van der Waals surface area contributed by atoms with Gasteiger partial charge in [-0.1, -0.05) is 11.6 Å². The highest BCUT2D eigenvalue weighted by atomic mass is 35.5. The Labute approximate surface area is 123 Å². The highest BCUT2D eigenvalue weighted by molar-refractivity contribution is 6.33. The number of fused-ring (bicyclic) bond motifs is 1. The van der Waals surface area contributed by atoms with Crippen molar-refractivity contribution < 1.29 is 4.79 Å². The molecule has 2 rings (SSSR count). The van der Waals surface area contributed by atoms with Crippen LogP contribution < -0.4 is 16.0 Å². The fourth-order valence-electron chi connectivity index (χ4n) is 2.31. The molecule has 0 aromatic heterocycles. The van der Waals surface area contributed by atoms with Gasteiger partial charge in [-0.3, -0.25) is 4.79 Å². The minimum atomic E-state index is -0.662. The van der Waals surface area contributed by atoms with Crippen molar-refractivity contribution >= 4 is 28.9 Å². The number of nitrogens with one attached hydrogen (secondary N) is 1. The van der Waals surface area contributed by atoms with Crippen LogP contribution >= 0.6 is 11.6 Å². The average molecular weight is 293 g/mol. The third-order valence-corrected chi connectivity index (χ3v) is 3.73. The number of nitrogens with zero attached hydrogens (tertiary/aromatic N) is 2. The summed E-state index contributed by atoms with van der Waals surface area (Å²) in [5.41, 5.74) is 8.02. The van der Waals surface area contributed by atoms with Crippen LogP contribution in [-0.4, -0.2) is 19.0 Å². The Balaban J connectivity index is 2.36. The number of carbonyl (C=O) groups is 1. The molecule has 1 aromatic rings. The van der Waals surface area contributed by atoms with Gasteiger partial charge in [0, 0.05) is 24.3 Å². The summed E-state index contributed by atoms with van der Waals surface area (Å²) >= 11 is 6.30. The number of nitrogens with two attached hydrogens (primary N) is 1. The highest BCUT2D eigenvalue weighted by Gasteiger charge is 2.29. The monoisotopic (exact) mass is 292 g/mol. The van der Waals surface area contributed by atoms with Crippen molar-refractivity contribution in [3.05, 3.63) is 22.7 Å². The molecule has 6 heteroatoms. The molecule has 0 spiro atoms. The number of rotatable bonds is 4. The van der Waals surface area contributed by atoms with Crippen LogP contribution in [0.4, 0.5) is 11.4 Å². The molecule has 5 nitrogen and oxygen atoms in total. The first-order valence-electron chi connectivity index (χ1n) is 6.52. The zero-order valence-corrected chi connectivity index (χ0v) is 12.2. The minimum absolute atomic E-state index is 0.101. The summed E-state index contributed by atoms with van der Waals surface area (Å²) < 4.78 is 0. The van der Waals surface area contributed by atoms with E-state index < -0.39 is 6.04 Å². The summed E-state index contributed by atoms with van der Waals surface area (Å²) in [6, 6.07) is 5.11. The van der Waals surface area contributed by atoms with E-state index in [2.05, 4.69) is 11.4 Å². The molecule has 20 heavy (non-hydrogen) atoms. The normalized spacial score (nSPS) is 18.1. The molecular weight excluding hydrogens is 276 g/mol. The first-order valence-corrected chi connectivity index (χ1v) is 6.90. The van der Waals surface area contributed by atoms with Gasteiger partial charge in [-0.2, -0.15) is 5.26 Å². The summed E-state index contributed by atoms with van der Waals surface area (Å²) in [5.74, 6) is -0.322. The van der Waals surface area contributed by atoms with Gasteiger partial charge in [0.2, 0.25) is 5.91 Å². The van der Waals surface area contributed by atoms with Gasteiger partial charge in [0.15, 0.2) is 0 Å². The lowest BCUT2D eigenvalue weighted by Crippen LogP contribution is -2.28. The van der Waals surface area contributed by atoms with E-state index in [1.165, 1.54) is 0 Å². The van der Waals surface area contributed by atoms with E-state index in [4.69, 9.17) is 22.6 Å². The first-order chi connectivity index (χ1) is 9.47. The van der Waals surface area contributed by atoms with E-state index in [1.807, 2.05) is 24.8 Å². The van der Waals surface area contributed by atoms with Crippen LogP contribution in [0.2, 0.25) is 5.02 Å². The number of benzene rings is 1. The molecule has 0 bridgehead atoms. The van der Waals surface area contributed by atoms with E-state index >= 15 is 0 Å². The lowest BCUT2D eigenvalue weighted by molar-refractivity contribution is -0.116. The standard InChI is InChI=1S/C14H17ClN4O/c1-3-19(7-8(2)6-16)12-5-11-9(4-10(12)15)13(17)14(20)18-11/h4-5,8,13H,3,7,17H2,1-2H3,(H,18,20). The van der Waals surface area contributed by atoms with E-state index in [0.717, 1.165) is 12.2 Å². The Morgan fingerprint density at radius 2 is 2.30 bits per heavy atom. The largest absolute Gasteiger partial charge is 0.369 e. The van der Waals surface area contributed by atoms with E-state index in [9.17, 15) is 4.79 Å². The molecule has 0 radical (unpaired) electrons. The molecule has 0 fully saturated rings. The number of amides is 1. The molecule has 1 aliphatic rings. The zero-order valence-electron chi connectivity index (χ0n) is 11.5. The fourth-order valence-corrected chi connectivity index (χ4v) is 2.60. The number of halogens is 1. The topological polar surface area (TPSA) is 82.2 Å². The molecule has 0 saturated carbocycles. The summed E-state index contributed by atoms with van der Waals surface area (Å²) in [5, 5.41) is 12.2. The van der Waals surface area contributed by atoms with Gasteiger partial charge < -0.3 is 16.0 Å². The maximum atomic E-state index is 11.6. The predicted molar refractivity (Wildman–Crippen MR) is 79.7 cm³/mol. The number of carbonyl (C=O) groups excluding carboxylic acids is 1. The quantitative estimate of drug-likeness (QED) is 0.892. The number of anilines is 2. The molecule has 1 aromatic carbocycles.